The fraction of sp³-hybridized carbons (Fsp3) is 0.417. The molecule has 1 amide bonds. The average molecular weight is 283 g/mol. The maximum absolute atomic E-state index is 11.5. The molecule has 8 nitrogen and oxygen atoms in total. The van der Waals surface area contributed by atoms with Gasteiger partial charge in [0.2, 0.25) is 0 Å². The molecule has 110 valence electrons. The van der Waals surface area contributed by atoms with Crippen LogP contribution in [0.25, 0.3) is 0 Å². The molecule has 3 N–H and O–H groups in total. The standard InChI is InChI=1S/C12H17N3O5/c1-19-5-4-14-10(16)8-20-12(18)7-15-6-9(13)2-3-11(15)17/h2-3,6H,4-5,7-8,13H2,1H3,(H,14,16). The zero-order chi connectivity index (χ0) is 15.0. The van der Waals surface area contributed by atoms with Crippen molar-refractivity contribution in [3.8, 4) is 0 Å². The van der Waals surface area contributed by atoms with Gasteiger partial charge in [0, 0.05) is 31.6 Å². The molecule has 0 fully saturated rings. The lowest BCUT2D eigenvalue weighted by molar-refractivity contribution is -0.149. The molecule has 0 saturated carbocycles. The number of anilines is 1. The maximum Gasteiger partial charge on any atom is 0.326 e. The number of hydrogen-bond acceptors (Lipinski definition) is 6. The van der Waals surface area contributed by atoms with Gasteiger partial charge in [-0.2, -0.15) is 0 Å². The lowest BCUT2D eigenvalue weighted by Gasteiger charge is -2.08. The molecule has 0 aliphatic carbocycles. The number of ether oxygens (including phenoxy) is 2. The third kappa shape index (κ3) is 5.53. The van der Waals surface area contributed by atoms with E-state index in [2.05, 4.69) is 5.32 Å². The number of aromatic nitrogens is 1. The van der Waals surface area contributed by atoms with Crippen molar-refractivity contribution in [3.05, 3.63) is 28.7 Å². The molecule has 0 aromatic carbocycles. The van der Waals surface area contributed by atoms with Gasteiger partial charge in [-0.3, -0.25) is 14.4 Å². The molecular formula is C12H17N3O5. The SMILES string of the molecule is COCCNC(=O)COC(=O)Cn1cc(N)ccc1=O. The van der Waals surface area contributed by atoms with Crippen LogP contribution in [0.2, 0.25) is 0 Å². The van der Waals surface area contributed by atoms with Gasteiger partial charge in [0.15, 0.2) is 6.61 Å². The molecule has 1 aromatic heterocycles. The number of rotatable bonds is 7. The Morgan fingerprint density at radius 1 is 1.40 bits per heavy atom. The molecule has 1 heterocycles. The number of carbonyl (C=O) groups excluding carboxylic acids is 2. The van der Waals surface area contributed by atoms with E-state index in [1.54, 1.807) is 0 Å². The maximum atomic E-state index is 11.5. The molecule has 8 heteroatoms. The molecule has 0 aliphatic rings. The highest BCUT2D eigenvalue weighted by Gasteiger charge is 2.09. The first kappa shape index (κ1) is 15.7. The highest BCUT2D eigenvalue weighted by atomic mass is 16.5. The Hall–Kier alpha value is -2.35. The van der Waals surface area contributed by atoms with Crippen molar-refractivity contribution in [1.82, 2.24) is 9.88 Å². The monoisotopic (exact) mass is 283 g/mol. The summed E-state index contributed by atoms with van der Waals surface area (Å²) in [6.45, 7) is 0.00870. The lowest BCUT2D eigenvalue weighted by Crippen LogP contribution is -2.32. The van der Waals surface area contributed by atoms with Gasteiger partial charge in [-0.1, -0.05) is 0 Å². The van der Waals surface area contributed by atoms with Gasteiger partial charge in [0.1, 0.15) is 6.54 Å². The van der Waals surface area contributed by atoms with E-state index in [0.717, 1.165) is 4.57 Å². The van der Waals surface area contributed by atoms with Gasteiger partial charge in [-0.05, 0) is 6.07 Å². The van der Waals surface area contributed by atoms with Crippen molar-refractivity contribution in [3.63, 3.8) is 0 Å². The van der Waals surface area contributed by atoms with Crippen LogP contribution in [-0.2, 0) is 25.6 Å². The molecule has 0 aliphatic heterocycles. The quantitative estimate of drug-likeness (QED) is 0.477. The van der Waals surface area contributed by atoms with Crippen LogP contribution in [-0.4, -0.2) is 43.3 Å². The summed E-state index contributed by atoms with van der Waals surface area (Å²) in [5, 5.41) is 2.49. The van der Waals surface area contributed by atoms with Crippen molar-refractivity contribution in [2.45, 2.75) is 6.54 Å². The fourth-order valence-corrected chi connectivity index (χ4v) is 1.35. The smallest absolute Gasteiger partial charge is 0.326 e. The van der Waals surface area contributed by atoms with E-state index in [-0.39, 0.29) is 12.1 Å². The average Bonchev–Trinajstić information content (AvgIpc) is 2.41. The number of nitrogens with two attached hydrogens (primary N) is 1. The van der Waals surface area contributed by atoms with Crippen molar-refractivity contribution in [2.75, 3.05) is 32.6 Å². The molecule has 0 spiro atoms. The van der Waals surface area contributed by atoms with Crippen molar-refractivity contribution >= 4 is 17.6 Å². The summed E-state index contributed by atoms with van der Waals surface area (Å²) >= 11 is 0. The Balaban J connectivity index is 2.38. The number of nitrogen functional groups attached to an aromatic ring is 1. The molecule has 1 aromatic rings. The second-order valence-electron chi connectivity index (χ2n) is 3.93. The third-order valence-corrected chi connectivity index (χ3v) is 2.30. The Bertz CT molecular complexity index is 526. The van der Waals surface area contributed by atoms with Gasteiger partial charge >= 0.3 is 5.97 Å². The minimum Gasteiger partial charge on any atom is -0.454 e. The van der Waals surface area contributed by atoms with Crippen LogP contribution in [0.5, 0.6) is 0 Å². The summed E-state index contributed by atoms with van der Waals surface area (Å²) in [5.41, 5.74) is 5.49. The number of methoxy groups -OCH3 is 1. The summed E-state index contributed by atoms with van der Waals surface area (Å²) < 4.78 is 10.6. The second-order valence-corrected chi connectivity index (χ2v) is 3.93. The van der Waals surface area contributed by atoms with Crippen molar-refractivity contribution < 1.29 is 19.1 Å². The number of pyridine rings is 1. The minimum atomic E-state index is -0.695. The lowest BCUT2D eigenvalue weighted by atomic mass is 10.4. The summed E-state index contributed by atoms with van der Waals surface area (Å²) in [7, 11) is 1.51. The van der Waals surface area contributed by atoms with Crippen molar-refractivity contribution in [2.24, 2.45) is 0 Å². The van der Waals surface area contributed by atoms with Crippen LogP contribution in [0.15, 0.2) is 23.1 Å². The summed E-state index contributed by atoms with van der Waals surface area (Å²) in [6, 6.07) is 2.69. The first-order chi connectivity index (χ1) is 9.52. The zero-order valence-corrected chi connectivity index (χ0v) is 11.1. The summed E-state index contributed by atoms with van der Waals surface area (Å²) in [6.07, 6.45) is 1.34. The first-order valence-corrected chi connectivity index (χ1v) is 5.90. The summed E-state index contributed by atoms with van der Waals surface area (Å²) in [5.74, 6) is -1.13. The third-order valence-electron chi connectivity index (χ3n) is 2.30. The molecule has 0 unspecified atom stereocenters. The summed E-state index contributed by atoms with van der Waals surface area (Å²) in [4.78, 5) is 34.2. The number of hydrogen-bond donors (Lipinski definition) is 2. The first-order valence-electron chi connectivity index (χ1n) is 5.90. The molecule has 20 heavy (non-hydrogen) atoms. The Morgan fingerprint density at radius 2 is 2.15 bits per heavy atom. The molecule has 0 radical (unpaired) electrons. The number of esters is 1. The van der Waals surface area contributed by atoms with Gasteiger partial charge in [-0.25, -0.2) is 0 Å². The predicted octanol–water partition coefficient (Wildman–Crippen LogP) is -1.26. The van der Waals surface area contributed by atoms with E-state index >= 15 is 0 Å². The Kier molecular flexibility index (Phi) is 6.24. The van der Waals surface area contributed by atoms with Crippen LogP contribution in [0.4, 0.5) is 5.69 Å². The van der Waals surface area contributed by atoms with E-state index in [4.69, 9.17) is 15.2 Å². The normalized spacial score (nSPS) is 10.1. The molecule has 0 saturated heterocycles. The Morgan fingerprint density at radius 3 is 2.85 bits per heavy atom. The second kappa shape index (κ2) is 7.95. The number of amides is 1. The Labute approximate surface area is 115 Å². The number of carbonyl (C=O) groups is 2. The largest absolute Gasteiger partial charge is 0.454 e. The zero-order valence-electron chi connectivity index (χ0n) is 11.1. The van der Waals surface area contributed by atoms with Crippen LogP contribution in [0.3, 0.4) is 0 Å². The van der Waals surface area contributed by atoms with E-state index in [0.29, 0.717) is 18.8 Å². The van der Waals surface area contributed by atoms with Gasteiger partial charge < -0.3 is 25.1 Å². The van der Waals surface area contributed by atoms with Crippen LogP contribution in [0.1, 0.15) is 0 Å². The molecular weight excluding hydrogens is 266 g/mol. The fourth-order valence-electron chi connectivity index (χ4n) is 1.35. The molecule has 0 bridgehead atoms. The molecule has 0 atom stereocenters. The predicted molar refractivity (Wildman–Crippen MR) is 71.0 cm³/mol. The van der Waals surface area contributed by atoms with Crippen LogP contribution < -0.4 is 16.6 Å². The van der Waals surface area contributed by atoms with E-state index in [1.165, 1.54) is 25.4 Å². The minimum absolute atomic E-state index is 0.296. The van der Waals surface area contributed by atoms with Crippen LogP contribution in [0, 0.1) is 0 Å². The van der Waals surface area contributed by atoms with E-state index < -0.39 is 18.5 Å². The van der Waals surface area contributed by atoms with Gasteiger partial charge in [0.25, 0.3) is 11.5 Å². The van der Waals surface area contributed by atoms with Gasteiger partial charge in [0.05, 0.1) is 6.61 Å². The highest BCUT2D eigenvalue weighted by Crippen LogP contribution is 1.96. The topological polar surface area (TPSA) is 113 Å². The van der Waals surface area contributed by atoms with Gasteiger partial charge in [-0.15, -0.1) is 0 Å². The highest BCUT2D eigenvalue weighted by molar-refractivity contribution is 5.80. The van der Waals surface area contributed by atoms with E-state index in [1.807, 2.05) is 0 Å². The number of nitrogens with zero attached hydrogens (tertiary/aromatic N) is 1. The van der Waals surface area contributed by atoms with Crippen LogP contribution >= 0.6 is 0 Å². The van der Waals surface area contributed by atoms with Crippen molar-refractivity contribution in [1.29, 1.82) is 0 Å². The van der Waals surface area contributed by atoms with E-state index in [9.17, 15) is 14.4 Å². The molecule has 1 rings (SSSR count). The number of nitrogens with one attached hydrogen (secondary N) is 1.